The molecule has 0 amide bonds. The van der Waals surface area contributed by atoms with E-state index in [1.54, 1.807) is 0 Å². The number of unbranched alkanes of at least 4 members (excludes halogenated alkanes) is 1. The topological polar surface area (TPSA) is 29.9 Å². The molecule has 2 aliphatic rings. The molecule has 106 valence electrons. The first-order chi connectivity index (χ1) is 9.28. The molecule has 1 heterocycles. The van der Waals surface area contributed by atoms with Crippen LogP contribution in [0.1, 0.15) is 52.4 Å². The predicted octanol–water partition coefficient (Wildman–Crippen LogP) is 3.92. The summed E-state index contributed by atoms with van der Waals surface area (Å²) < 4.78 is 2.27. The summed E-state index contributed by atoms with van der Waals surface area (Å²) in [6, 6.07) is 0.568. The highest BCUT2D eigenvalue weighted by Crippen LogP contribution is 2.49. The summed E-state index contributed by atoms with van der Waals surface area (Å²) in [6.45, 7) is 5.67. The fraction of sp³-hybridized carbons (Fsp3) is 0.812. The van der Waals surface area contributed by atoms with Crippen LogP contribution in [0.4, 0.5) is 5.95 Å². The summed E-state index contributed by atoms with van der Waals surface area (Å²) in [6.07, 6.45) is 12.4. The molecule has 1 N–H and O–H groups in total. The van der Waals surface area contributed by atoms with E-state index < -0.39 is 0 Å². The maximum atomic E-state index is 4.49. The highest BCUT2D eigenvalue weighted by Gasteiger charge is 2.41. The van der Waals surface area contributed by atoms with Crippen molar-refractivity contribution >= 4 is 5.95 Å². The van der Waals surface area contributed by atoms with Crippen LogP contribution in [-0.4, -0.2) is 15.6 Å². The summed E-state index contributed by atoms with van der Waals surface area (Å²) in [7, 11) is 0. The molecule has 3 nitrogen and oxygen atoms in total. The quantitative estimate of drug-likeness (QED) is 0.841. The first-order valence-electron chi connectivity index (χ1n) is 8.05. The van der Waals surface area contributed by atoms with Crippen molar-refractivity contribution in [2.24, 2.45) is 17.8 Å². The van der Waals surface area contributed by atoms with Crippen LogP contribution in [0.15, 0.2) is 12.4 Å². The molecular formula is C16H27N3. The largest absolute Gasteiger partial charge is 0.353 e. The number of aromatic nitrogens is 2. The molecule has 3 rings (SSSR count). The molecule has 0 aliphatic heterocycles. The minimum atomic E-state index is 0.568. The third kappa shape index (κ3) is 2.65. The highest BCUT2D eigenvalue weighted by atomic mass is 15.2. The Labute approximate surface area is 116 Å². The van der Waals surface area contributed by atoms with Crippen molar-refractivity contribution in [3.8, 4) is 0 Å². The van der Waals surface area contributed by atoms with Gasteiger partial charge in [-0.05, 0) is 50.4 Å². The Morgan fingerprint density at radius 1 is 1.42 bits per heavy atom. The lowest BCUT2D eigenvalue weighted by atomic mass is 9.84. The number of hydrogen-bond donors (Lipinski definition) is 1. The molecule has 1 aromatic heterocycles. The van der Waals surface area contributed by atoms with Gasteiger partial charge in [-0.1, -0.05) is 19.8 Å². The van der Waals surface area contributed by atoms with Gasteiger partial charge in [0.25, 0.3) is 0 Å². The number of fused-ring (bicyclic) bond motifs is 2. The fourth-order valence-electron chi connectivity index (χ4n) is 4.18. The molecule has 4 atom stereocenters. The molecule has 3 heteroatoms. The van der Waals surface area contributed by atoms with Gasteiger partial charge in [-0.3, -0.25) is 0 Å². The van der Waals surface area contributed by atoms with Gasteiger partial charge in [0.1, 0.15) is 0 Å². The number of hydrogen-bond acceptors (Lipinski definition) is 2. The zero-order valence-electron chi connectivity index (χ0n) is 12.3. The van der Waals surface area contributed by atoms with Crippen LogP contribution in [0.3, 0.4) is 0 Å². The summed E-state index contributed by atoms with van der Waals surface area (Å²) in [4.78, 5) is 4.49. The maximum absolute atomic E-state index is 4.49. The van der Waals surface area contributed by atoms with Gasteiger partial charge in [-0.15, -0.1) is 0 Å². The Balaban J connectivity index is 1.60. The molecule has 2 saturated carbocycles. The van der Waals surface area contributed by atoms with Crippen LogP contribution in [0.2, 0.25) is 0 Å². The molecule has 4 unspecified atom stereocenters. The van der Waals surface area contributed by atoms with Gasteiger partial charge in [-0.25, -0.2) is 4.98 Å². The van der Waals surface area contributed by atoms with Crippen LogP contribution in [0.25, 0.3) is 0 Å². The zero-order valence-corrected chi connectivity index (χ0v) is 12.3. The molecule has 0 spiro atoms. The van der Waals surface area contributed by atoms with Crippen molar-refractivity contribution in [1.29, 1.82) is 0 Å². The van der Waals surface area contributed by atoms with Gasteiger partial charge in [0.15, 0.2) is 0 Å². The van der Waals surface area contributed by atoms with E-state index in [-0.39, 0.29) is 0 Å². The van der Waals surface area contributed by atoms with Gasteiger partial charge in [0.05, 0.1) is 0 Å². The average molecular weight is 261 g/mol. The van der Waals surface area contributed by atoms with Crippen LogP contribution >= 0.6 is 0 Å². The van der Waals surface area contributed by atoms with E-state index in [2.05, 4.69) is 34.9 Å². The SMILES string of the molecule is CCCCn1ccnc1NC(C)C1CC2CCC1C2. The predicted molar refractivity (Wildman–Crippen MR) is 79.2 cm³/mol. The second kappa shape index (κ2) is 5.56. The van der Waals surface area contributed by atoms with Gasteiger partial charge < -0.3 is 9.88 Å². The third-order valence-corrected chi connectivity index (χ3v) is 5.26. The lowest BCUT2D eigenvalue weighted by Gasteiger charge is -2.29. The van der Waals surface area contributed by atoms with Crippen LogP contribution in [0.5, 0.6) is 0 Å². The van der Waals surface area contributed by atoms with Gasteiger partial charge in [0, 0.05) is 25.0 Å². The summed E-state index contributed by atoms with van der Waals surface area (Å²) in [5.41, 5.74) is 0. The molecule has 19 heavy (non-hydrogen) atoms. The minimum Gasteiger partial charge on any atom is -0.353 e. The average Bonchev–Trinajstić information content (AvgIpc) is 3.12. The standard InChI is InChI=1S/C16H27N3/c1-3-4-8-19-9-7-17-16(19)18-12(2)15-11-13-5-6-14(15)10-13/h7,9,12-15H,3-6,8,10-11H2,1-2H3,(H,17,18). The van der Waals surface area contributed by atoms with E-state index in [0.29, 0.717) is 6.04 Å². The van der Waals surface area contributed by atoms with E-state index in [0.717, 1.165) is 30.2 Å². The molecule has 2 bridgehead atoms. The van der Waals surface area contributed by atoms with Gasteiger partial charge in [0.2, 0.25) is 5.95 Å². The molecule has 0 aromatic carbocycles. The molecular weight excluding hydrogens is 234 g/mol. The van der Waals surface area contributed by atoms with E-state index >= 15 is 0 Å². The van der Waals surface area contributed by atoms with Crippen LogP contribution in [-0.2, 0) is 6.54 Å². The summed E-state index contributed by atoms with van der Waals surface area (Å²) >= 11 is 0. The van der Waals surface area contributed by atoms with E-state index in [4.69, 9.17) is 0 Å². The maximum Gasteiger partial charge on any atom is 0.202 e. The number of imidazole rings is 1. The smallest absolute Gasteiger partial charge is 0.202 e. The normalized spacial score (nSPS) is 30.7. The Morgan fingerprint density at radius 3 is 3.00 bits per heavy atom. The minimum absolute atomic E-state index is 0.568. The van der Waals surface area contributed by atoms with Crippen LogP contribution in [0, 0.1) is 17.8 Å². The highest BCUT2D eigenvalue weighted by molar-refractivity contribution is 5.28. The van der Waals surface area contributed by atoms with Crippen molar-refractivity contribution in [2.45, 2.75) is 65.0 Å². The van der Waals surface area contributed by atoms with Crippen LogP contribution < -0.4 is 5.32 Å². The molecule has 2 aliphatic carbocycles. The summed E-state index contributed by atoms with van der Waals surface area (Å²) in [5.74, 6) is 3.95. The van der Waals surface area contributed by atoms with Crippen molar-refractivity contribution in [3.63, 3.8) is 0 Å². The first kappa shape index (κ1) is 13.0. The first-order valence-corrected chi connectivity index (χ1v) is 8.05. The van der Waals surface area contributed by atoms with Crippen molar-refractivity contribution in [1.82, 2.24) is 9.55 Å². The second-order valence-electron chi connectivity index (χ2n) is 6.57. The number of rotatable bonds is 6. The van der Waals surface area contributed by atoms with Crippen molar-refractivity contribution in [3.05, 3.63) is 12.4 Å². The van der Waals surface area contributed by atoms with Gasteiger partial charge in [-0.2, -0.15) is 0 Å². The second-order valence-corrected chi connectivity index (χ2v) is 6.57. The van der Waals surface area contributed by atoms with E-state index in [9.17, 15) is 0 Å². The Kier molecular flexibility index (Phi) is 3.81. The van der Waals surface area contributed by atoms with Gasteiger partial charge >= 0.3 is 0 Å². The molecule has 1 aromatic rings. The monoisotopic (exact) mass is 261 g/mol. The third-order valence-electron chi connectivity index (χ3n) is 5.26. The van der Waals surface area contributed by atoms with Crippen molar-refractivity contribution in [2.75, 3.05) is 5.32 Å². The molecule has 0 saturated heterocycles. The molecule has 0 radical (unpaired) electrons. The zero-order chi connectivity index (χ0) is 13.2. The van der Waals surface area contributed by atoms with E-state index in [1.807, 2.05) is 6.20 Å². The Morgan fingerprint density at radius 2 is 2.32 bits per heavy atom. The number of nitrogens with one attached hydrogen (secondary N) is 1. The molecule has 2 fully saturated rings. The fourth-order valence-corrected chi connectivity index (χ4v) is 4.18. The number of anilines is 1. The van der Waals surface area contributed by atoms with E-state index in [1.165, 1.54) is 38.5 Å². The Bertz CT molecular complexity index is 412. The van der Waals surface area contributed by atoms with Crippen molar-refractivity contribution < 1.29 is 0 Å². The number of aryl methyl sites for hydroxylation is 1. The Hall–Kier alpha value is -0.990. The lowest BCUT2D eigenvalue weighted by molar-refractivity contribution is 0.303. The summed E-state index contributed by atoms with van der Waals surface area (Å²) in [5, 5.41) is 3.68. The number of nitrogens with zero attached hydrogens (tertiary/aromatic N) is 2. The lowest BCUT2D eigenvalue weighted by Crippen LogP contribution is -2.31.